The highest BCUT2D eigenvalue weighted by Gasteiger charge is 2.58. The minimum absolute atomic E-state index is 0.199. The van der Waals surface area contributed by atoms with Crippen LogP contribution in [-0.4, -0.2) is 81.8 Å². The van der Waals surface area contributed by atoms with Crippen LogP contribution in [0.2, 0.25) is 0 Å². The maximum absolute atomic E-state index is 11.7. The summed E-state index contributed by atoms with van der Waals surface area (Å²) in [5.41, 5.74) is 0. The fraction of sp³-hybridized carbons (Fsp3) is 0.969. The van der Waals surface area contributed by atoms with Crippen molar-refractivity contribution in [1.82, 2.24) is 21.3 Å². The molecule has 0 aromatic carbocycles. The number of hydrogen-bond acceptors (Lipinski definition) is 7. The molecular weight excluding hydrogens is 504 g/mol. The molecule has 5 aliphatic heterocycles. The molecule has 5 saturated heterocycles. The van der Waals surface area contributed by atoms with E-state index in [0.717, 1.165) is 25.7 Å². The Morgan fingerprint density at radius 3 is 1.88 bits per heavy atom. The average Bonchev–Trinajstić information content (AvgIpc) is 3.63. The van der Waals surface area contributed by atoms with E-state index in [1.807, 2.05) is 6.92 Å². The Hall–Kier alpha value is -0.770. The summed E-state index contributed by atoms with van der Waals surface area (Å²) in [6.45, 7) is 13.8. The summed E-state index contributed by atoms with van der Waals surface area (Å²) in [5.74, 6) is 2.65. The average molecular weight is 561 g/mol. The number of aliphatic hydroxyl groups is 2. The minimum Gasteiger partial charge on any atom is -0.481 e. The zero-order chi connectivity index (χ0) is 28.6. The van der Waals surface area contributed by atoms with Gasteiger partial charge in [0, 0.05) is 66.6 Å². The van der Waals surface area contributed by atoms with E-state index >= 15 is 0 Å². The lowest BCUT2D eigenvalue weighted by atomic mass is 9.76. The van der Waals surface area contributed by atoms with Gasteiger partial charge in [-0.05, 0) is 80.5 Å². The van der Waals surface area contributed by atoms with E-state index in [4.69, 9.17) is 0 Å². The van der Waals surface area contributed by atoms with Gasteiger partial charge in [0.15, 0.2) is 0 Å². The molecule has 0 aromatic heterocycles. The maximum atomic E-state index is 11.7. The summed E-state index contributed by atoms with van der Waals surface area (Å²) >= 11 is 0. The maximum Gasteiger partial charge on any atom is 0.303 e. The molecule has 1 aliphatic carbocycles. The number of rotatable bonds is 4. The topological polar surface area (TPSA) is 126 Å². The van der Waals surface area contributed by atoms with Gasteiger partial charge in [-0.15, -0.1) is 0 Å². The van der Waals surface area contributed by atoms with Gasteiger partial charge in [-0.2, -0.15) is 0 Å². The monoisotopic (exact) mass is 560 g/mol. The van der Waals surface area contributed by atoms with Gasteiger partial charge in [0.1, 0.15) is 0 Å². The van der Waals surface area contributed by atoms with Gasteiger partial charge in [-0.25, -0.2) is 0 Å². The smallest absolute Gasteiger partial charge is 0.303 e. The van der Waals surface area contributed by atoms with Gasteiger partial charge >= 0.3 is 5.97 Å². The van der Waals surface area contributed by atoms with Gasteiger partial charge in [0.05, 0.1) is 12.2 Å². The fourth-order valence-corrected chi connectivity index (χ4v) is 11.1. The third-order valence-electron chi connectivity index (χ3n) is 13.6. The van der Waals surface area contributed by atoms with Gasteiger partial charge in [0.25, 0.3) is 0 Å². The Balaban J connectivity index is 1.34. The number of aliphatic hydroxyl groups excluding tert-OH is 2. The fourth-order valence-electron chi connectivity index (χ4n) is 11.1. The number of hydrogen-bond donors (Lipinski definition) is 7. The molecule has 7 N–H and O–H groups in total. The molecule has 40 heavy (non-hydrogen) atoms. The van der Waals surface area contributed by atoms with Crippen LogP contribution in [0.15, 0.2) is 0 Å². The third-order valence-corrected chi connectivity index (χ3v) is 13.6. The Kier molecular flexibility index (Phi) is 8.10. The first-order valence-electron chi connectivity index (χ1n) is 16.6. The van der Waals surface area contributed by atoms with Crippen molar-refractivity contribution < 1.29 is 20.1 Å². The minimum atomic E-state index is -0.718. The SMILES string of the molecule is CC(O)C1C2CC3NC(CC4NC5C(CC(O)C5C4C)C4NC(CC(N2)C1C)C(C)C4CCC(=O)O)C(C)C3C. The van der Waals surface area contributed by atoms with Crippen LogP contribution >= 0.6 is 0 Å². The first-order valence-corrected chi connectivity index (χ1v) is 16.6. The lowest BCUT2D eigenvalue weighted by molar-refractivity contribution is -0.137. The van der Waals surface area contributed by atoms with Crippen molar-refractivity contribution in [3.8, 4) is 0 Å². The van der Waals surface area contributed by atoms with Crippen molar-refractivity contribution in [3.05, 3.63) is 0 Å². The lowest BCUT2D eigenvalue weighted by Gasteiger charge is -2.32. The molecule has 1 saturated carbocycles. The summed E-state index contributed by atoms with van der Waals surface area (Å²) in [7, 11) is 0. The molecule has 8 bridgehead atoms. The van der Waals surface area contributed by atoms with E-state index in [-0.39, 0.29) is 54.5 Å². The van der Waals surface area contributed by atoms with Crippen LogP contribution in [0.25, 0.3) is 0 Å². The van der Waals surface area contributed by atoms with Crippen molar-refractivity contribution in [1.29, 1.82) is 0 Å². The van der Waals surface area contributed by atoms with E-state index in [2.05, 4.69) is 55.9 Å². The summed E-state index contributed by atoms with van der Waals surface area (Å²) in [4.78, 5) is 11.7. The Morgan fingerprint density at radius 2 is 1.25 bits per heavy atom. The molecule has 5 heterocycles. The van der Waals surface area contributed by atoms with Crippen LogP contribution in [-0.2, 0) is 4.79 Å². The molecule has 6 rings (SSSR count). The first kappa shape index (κ1) is 29.3. The molecule has 0 radical (unpaired) electrons. The largest absolute Gasteiger partial charge is 0.481 e. The van der Waals surface area contributed by atoms with E-state index in [1.54, 1.807) is 0 Å². The second-order valence-electron chi connectivity index (χ2n) is 15.3. The van der Waals surface area contributed by atoms with Crippen LogP contribution < -0.4 is 21.3 Å². The van der Waals surface area contributed by atoms with E-state index in [0.29, 0.717) is 72.1 Å². The van der Waals surface area contributed by atoms with Gasteiger partial charge in [0.2, 0.25) is 0 Å². The Morgan fingerprint density at radius 1 is 0.725 bits per heavy atom. The molecule has 0 spiro atoms. The van der Waals surface area contributed by atoms with Crippen molar-refractivity contribution in [2.75, 3.05) is 0 Å². The molecule has 0 amide bonds. The molecular formula is C32H56N4O4. The molecule has 6 fully saturated rings. The molecule has 0 aromatic rings. The highest BCUT2D eigenvalue weighted by atomic mass is 16.4. The highest BCUT2D eigenvalue weighted by Crippen LogP contribution is 2.50. The van der Waals surface area contributed by atoms with E-state index in [9.17, 15) is 20.1 Å². The van der Waals surface area contributed by atoms with Gasteiger partial charge in [-0.1, -0.05) is 34.6 Å². The standard InChI is InChI=1S/C32H56N4O4/c1-13-14(2)22-12-26-29(18(6)37)16(4)24(34-26)11-23-15(3)19(7-8-28(39)40)31(35-23)20-9-27(38)30-17(5)25(36-32(20)30)10-21(13)33-22/h13-27,29-38H,7-12H2,1-6H3,(H,39,40). The van der Waals surface area contributed by atoms with E-state index in [1.165, 1.54) is 0 Å². The Bertz CT molecular complexity index is 935. The first-order chi connectivity index (χ1) is 19.0. The third kappa shape index (κ3) is 4.86. The van der Waals surface area contributed by atoms with Gasteiger partial charge in [-0.3, -0.25) is 4.79 Å². The second-order valence-corrected chi connectivity index (χ2v) is 15.3. The summed E-state index contributed by atoms with van der Waals surface area (Å²) in [6.07, 6.45) is 4.12. The van der Waals surface area contributed by atoms with Crippen LogP contribution in [0.5, 0.6) is 0 Å². The number of fused-ring (bicyclic) bond motifs is 8. The molecule has 8 heteroatoms. The molecule has 19 atom stereocenters. The second kappa shape index (κ2) is 11.1. The summed E-state index contributed by atoms with van der Waals surface area (Å²) in [6, 6.07) is 2.63. The van der Waals surface area contributed by atoms with Crippen molar-refractivity contribution in [2.45, 2.75) is 141 Å². The summed E-state index contributed by atoms with van der Waals surface area (Å²) < 4.78 is 0. The highest BCUT2D eigenvalue weighted by molar-refractivity contribution is 5.66. The van der Waals surface area contributed by atoms with Crippen molar-refractivity contribution in [2.24, 2.45) is 53.3 Å². The van der Waals surface area contributed by atoms with Crippen molar-refractivity contribution in [3.63, 3.8) is 0 Å². The van der Waals surface area contributed by atoms with E-state index < -0.39 is 5.97 Å². The number of aliphatic carboxylic acids is 1. The van der Waals surface area contributed by atoms with Gasteiger partial charge < -0.3 is 36.6 Å². The molecule has 6 aliphatic rings. The number of carboxylic acids is 1. The molecule has 8 nitrogen and oxygen atoms in total. The number of carboxylic acid groups (broad SMARTS) is 1. The van der Waals surface area contributed by atoms with Crippen LogP contribution in [0.3, 0.4) is 0 Å². The number of carbonyl (C=O) groups is 1. The molecule has 228 valence electrons. The number of nitrogens with one attached hydrogen (secondary N) is 4. The zero-order valence-electron chi connectivity index (χ0n) is 25.5. The van der Waals surface area contributed by atoms with Crippen molar-refractivity contribution >= 4 is 5.97 Å². The predicted octanol–water partition coefficient (Wildman–Crippen LogP) is 2.19. The quantitative estimate of drug-likeness (QED) is 0.279. The molecule has 19 unspecified atom stereocenters. The summed E-state index contributed by atoms with van der Waals surface area (Å²) in [5, 5.41) is 48.2. The van der Waals surface area contributed by atoms with Crippen LogP contribution in [0.4, 0.5) is 0 Å². The Labute approximate surface area is 241 Å². The lowest BCUT2D eigenvalue weighted by Crippen LogP contribution is -2.48. The predicted molar refractivity (Wildman–Crippen MR) is 156 cm³/mol. The normalized spacial score (nSPS) is 56.5. The van der Waals surface area contributed by atoms with Crippen LogP contribution in [0.1, 0.15) is 80.1 Å². The van der Waals surface area contributed by atoms with Crippen LogP contribution in [0, 0.1) is 53.3 Å². The zero-order valence-corrected chi connectivity index (χ0v) is 25.5.